The number of nitrogens with zero attached hydrogens (tertiary/aromatic N) is 2. The quantitative estimate of drug-likeness (QED) is 0.485. The predicted molar refractivity (Wildman–Crippen MR) is 146 cm³/mol. The number of para-hydroxylation sites is 2. The van der Waals surface area contributed by atoms with E-state index in [0.29, 0.717) is 42.3 Å². The van der Waals surface area contributed by atoms with Gasteiger partial charge in [-0.25, -0.2) is 0 Å². The summed E-state index contributed by atoms with van der Waals surface area (Å²) in [5.41, 5.74) is 5.02. The Morgan fingerprint density at radius 1 is 0.857 bits per heavy atom. The van der Waals surface area contributed by atoms with Crippen LogP contribution in [0.2, 0.25) is 5.02 Å². The fourth-order valence-corrected chi connectivity index (χ4v) is 4.54. The van der Waals surface area contributed by atoms with E-state index in [9.17, 15) is 9.59 Å². The molecule has 180 valence electrons. The largest absolute Gasteiger partial charge is 0.366 e. The molecule has 2 N–H and O–H groups in total. The van der Waals surface area contributed by atoms with E-state index in [1.165, 1.54) is 0 Å². The number of nitrogens with one attached hydrogen (secondary N) is 2. The second kappa shape index (κ2) is 10.9. The van der Waals surface area contributed by atoms with Crippen LogP contribution in [0.3, 0.4) is 0 Å². The van der Waals surface area contributed by atoms with Crippen LogP contribution in [-0.4, -0.2) is 48.0 Å². The van der Waals surface area contributed by atoms with Gasteiger partial charge >= 0.3 is 0 Å². The Morgan fingerprint density at radius 2 is 1.49 bits per heavy atom. The number of hydrogen-bond acceptors (Lipinski definition) is 4. The van der Waals surface area contributed by atoms with E-state index < -0.39 is 0 Å². The van der Waals surface area contributed by atoms with E-state index in [0.717, 1.165) is 22.5 Å². The van der Waals surface area contributed by atoms with Crippen LogP contribution < -0.4 is 15.5 Å². The third kappa shape index (κ3) is 6.18. The van der Waals surface area contributed by atoms with Crippen molar-refractivity contribution in [3.05, 3.63) is 94.0 Å². The number of anilines is 2. The summed E-state index contributed by atoms with van der Waals surface area (Å²) in [5.74, 6) is -0.246. The molecule has 0 spiro atoms. The lowest BCUT2D eigenvalue weighted by Crippen LogP contribution is -2.49. The molecule has 0 saturated carbocycles. The molecule has 1 aliphatic rings. The summed E-state index contributed by atoms with van der Waals surface area (Å²) in [7, 11) is 0. The molecule has 0 aliphatic carbocycles. The van der Waals surface area contributed by atoms with Crippen molar-refractivity contribution in [2.45, 2.75) is 13.8 Å². The Bertz CT molecular complexity index is 1230. The number of aryl methyl sites for hydroxylation is 2. The molecule has 0 bridgehead atoms. The van der Waals surface area contributed by atoms with Crippen molar-refractivity contribution in [1.29, 1.82) is 0 Å². The topological polar surface area (TPSA) is 64.7 Å². The van der Waals surface area contributed by atoms with Gasteiger partial charge in [0.15, 0.2) is 5.11 Å². The summed E-state index contributed by atoms with van der Waals surface area (Å²) in [6.45, 7) is 6.48. The maximum absolute atomic E-state index is 12.8. The molecule has 1 heterocycles. The number of thiocarbonyl (C=S) groups is 1. The zero-order valence-corrected chi connectivity index (χ0v) is 21.2. The molecule has 35 heavy (non-hydrogen) atoms. The minimum Gasteiger partial charge on any atom is -0.366 e. The standard InChI is InChI=1S/C27H27ClN4O2S/c1-18-15-19(2)17-21(16-18)25(33)30-27(35)29-23-5-3-4-6-24(23)31-11-13-32(14-12-31)26(34)20-7-9-22(28)10-8-20/h3-10,15-17H,11-14H2,1-2H3,(H2,29,30,33,35). The van der Waals surface area contributed by atoms with Crippen LogP contribution in [0, 0.1) is 13.8 Å². The van der Waals surface area contributed by atoms with Crippen LogP contribution in [0.4, 0.5) is 11.4 Å². The summed E-state index contributed by atoms with van der Waals surface area (Å²) in [6.07, 6.45) is 0. The molecule has 4 rings (SSSR count). The van der Waals surface area contributed by atoms with Gasteiger partial charge in [0.2, 0.25) is 0 Å². The molecular formula is C27H27ClN4O2S. The highest BCUT2D eigenvalue weighted by molar-refractivity contribution is 7.80. The first-order valence-electron chi connectivity index (χ1n) is 11.4. The average Bonchev–Trinajstić information content (AvgIpc) is 2.84. The Morgan fingerprint density at radius 3 is 2.14 bits per heavy atom. The maximum Gasteiger partial charge on any atom is 0.257 e. The van der Waals surface area contributed by atoms with Crippen molar-refractivity contribution >= 4 is 52.1 Å². The molecular weight excluding hydrogens is 480 g/mol. The van der Waals surface area contributed by atoms with Gasteiger partial charge in [0, 0.05) is 42.3 Å². The minimum absolute atomic E-state index is 0.00278. The fraction of sp³-hybridized carbons (Fsp3) is 0.222. The summed E-state index contributed by atoms with van der Waals surface area (Å²) in [5, 5.41) is 6.79. The molecule has 6 nitrogen and oxygen atoms in total. The van der Waals surface area contributed by atoms with E-state index in [-0.39, 0.29) is 16.9 Å². The van der Waals surface area contributed by atoms with E-state index in [4.69, 9.17) is 23.8 Å². The molecule has 2 amide bonds. The van der Waals surface area contributed by atoms with Gasteiger partial charge in [0.05, 0.1) is 11.4 Å². The Labute approximate surface area is 215 Å². The molecule has 0 aromatic heterocycles. The highest BCUT2D eigenvalue weighted by Crippen LogP contribution is 2.27. The van der Waals surface area contributed by atoms with Crippen LogP contribution in [0.15, 0.2) is 66.7 Å². The molecule has 0 radical (unpaired) electrons. The van der Waals surface area contributed by atoms with Crippen LogP contribution in [-0.2, 0) is 0 Å². The summed E-state index contributed by atoms with van der Waals surface area (Å²) in [4.78, 5) is 29.6. The Kier molecular flexibility index (Phi) is 7.68. The SMILES string of the molecule is Cc1cc(C)cc(C(=O)NC(=S)Nc2ccccc2N2CCN(C(=O)c3ccc(Cl)cc3)CC2)c1. The van der Waals surface area contributed by atoms with Crippen LogP contribution >= 0.6 is 23.8 Å². The predicted octanol–water partition coefficient (Wildman–Crippen LogP) is 5.05. The van der Waals surface area contributed by atoms with Gasteiger partial charge in [-0.3, -0.25) is 14.9 Å². The number of benzene rings is 3. The van der Waals surface area contributed by atoms with Crippen LogP contribution in [0.1, 0.15) is 31.8 Å². The van der Waals surface area contributed by atoms with Crippen molar-refractivity contribution < 1.29 is 9.59 Å². The number of halogens is 1. The zero-order valence-electron chi connectivity index (χ0n) is 19.7. The van der Waals surface area contributed by atoms with Crippen molar-refractivity contribution in [3.63, 3.8) is 0 Å². The van der Waals surface area contributed by atoms with E-state index >= 15 is 0 Å². The summed E-state index contributed by atoms with van der Waals surface area (Å²) >= 11 is 11.4. The molecule has 1 saturated heterocycles. The number of piperazine rings is 1. The first-order chi connectivity index (χ1) is 16.8. The van der Waals surface area contributed by atoms with Gasteiger partial charge in [-0.15, -0.1) is 0 Å². The molecule has 8 heteroatoms. The van der Waals surface area contributed by atoms with E-state index in [1.807, 2.05) is 61.2 Å². The molecule has 1 fully saturated rings. The van der Waals surface area contributed by atoms with Gasteiger partial charge in [0.1, 0.15) is 0 Å². The molecule has 0 atom stereocenters. The third-order valence-corrected chi connectivity index (χ3v) is 6.32. The smallest absolute Gasteiger partial charge is 0.257 e. The molecule has 0 unspecified atom stereocenters. The molecule has 3 aromatic carbocycles. The summed E-state index contributed by atoms with van der Waals surface area (Å²) in [6, 6.07) is 20.5. The monoisotopic (exact) mass is 506 g/mol. The second-order valence-corrected chi connectivity index (χ2v) is 9.43. The lowest BCUT2D eigenvalue weighted by Gasteiger charge is -2.37. The zero-order chi connectivity index (χ0) is 24.9. The van der Waals surface area contributed by atoms with Gasteiger partial charge < -0.3 is 15.1 Å². The van der Waals surface area contributed by atoms with Crippen molar-refractivity contribution in [3.8, 4) is 0 Å². The average molecular weight is 507 g/mol. The first-order valence-corrected chi connectivity index (χ1v) is 12.2. The highest BCUT2D eigenvalue weighted by Gasteiger charge is 2.23. The van der Waals surface area contributed by atoms with Crippen molar-refractivity contribution in [1.82, 2.24) is 10.2 Å². The van der Waals surface area contributed by atoms with Crippen LogP contribution in [0.5, 0.6) is 0 Å². The molecule has 3 aromatic rings. The van der Waals surface area contributed by atoms with Crippen molar-refractivity contribution in [2.75, 3.05) is 36.4 Å². The van der Waals surface area contributed by atoms with Gasteiger partial charge in [-0.2, -0.15) is 0 Å². The van der Waals surface area contributed by atoms with Crippen LogP contribution in [0.25, 0.3) is 0 Å². The van der Waals surface area contributed by atoms with E-state index in [2.05, 4.69) is 15.5 Å². The van der Waals surface area contributed by atoms with Gasteiger partial charge in [-0.05, 0) is 74.6 Å². The third-order valence-electron chi connectivity index (χ3n) is 5.86. The Balaban J connectivity index is 1.38. The molecule has 1 aliphatic heterocycles. The Hall–Kier alpha value is -3.42. The normalized spacial score (nSPS) is 13.3. The lowest BCUT2D eigenvalue weighted by atomic mass is 10.1. The van der Waals surface area contributed by atoms with Crippen molar-refractivity contribution in [2.24, 2.45) is 0 Å². The van der Waals surface area contributed by atoms with Gasteiger partial charge in [0.25, 0.3) is 11.8 Å². The lowest BCUT2D eigenvalue weighted by molar-refractivity contribution is 0.0746. The number of carbonyl (C=O) groups excluding carboxylic acids is 2. The number of hydrogen-bond donors (Lipinski definition) is 2. The fourth-order valence-electron chi connectivity index (χ4n) is 4.22. The van der Waals surface area contributed by atoms with Gasteiger partial charge in [-0.1, -0.05) is 40.9 Å². The highest BCUT2D eigenvalue weighted by atomic mass is 35.5. The number of rotatable bonds is 4. The number of carbonyl (C=O) groups is 2. The summed E-state index contributed by atoms with van der Waals surface area (Å²) < 4.78 is 0. The number of amides is 2. The minimum atomic E-state index is -0.249. The maximum atomic E-state index is 12.8. The first kappa shape index (κ1) is 24.7. The van der Waals surface area contributed by atoms with E-state index in [1.54, 1.807) is 24.3 Å². The second-order valence-electron chi connectivity index (χ2n) is 8.59.